The average molecular weight is 354 g/mol. The Kier molecular flexibility index (Phi) is 5.85. The second kappa shape index (κ2) is 7.64. The molecule has 1 atom stereocenters. The van der Waals surface area contributed by atoms with E-state index >= 15 is 0 Å². The number of phenolic OH excluding ortho intramolecular Hbond substituents is 1. The molecule has 21 heavy (non-hydrogen) atoms. The Balaban J connectivity index is 2.33. The molecular formula is C15H20BrN3O2. The molecule has 0 unspecified atom stereocenters. The molecule has 0 aliphatic carbocycles. The van der Waals surface area contributed by atoms with E-state index in [1.165, 1.54) is 0 Å². The van der Waals surface area contributed by atoms with Gasteiger partial charge in [0.05, 0.1) is 23.6 Å². The Morgan fingerprint density at radius 3 is 2.81 bits per heavy atom. The van der Waals surface area contributed by atoms with E-state index < -0.39 is 0 Å². The van der Waals surface area contributed by atoms with Gasteiger partial charge in [0.15, 0.2) is 11.5 Å². The number of rotatable bonds is 5. The number of hydrogen-bond acceptors (Lipinski definition) is 5. The van der Waals surface area contributed by atoms with Gasteiger partial charge in [-0.15, -0.1) is 0 Å². The van der Waals surface area contributed by atoms with Gasteiger partial charge in [0.1, 0.15) is 0 Å². The predicted molar refractivity (Wildman–Crippen MR) is 84.4 cm³/mol. The Hall–Kier alpha value is -1.29. The lowest BCUT2D eigenvalue weighted by molar-refractivity contribution is 0.175. The van der Waals surface area contributed by atoms with Crippen molar-refractivity contribution in [3.63, 3.8) is 0 Å². The summed E-state index contributed by atoms with van der Waals surface area (Å²) in [6.07, 6.45) is 0.419. The molecule has 2 N–H and O–H groups in total. The lowest BCUT2D eigenvalue weighted by Gasteiger charge is -2.34. The van der Waals surface area contributed by atoms with Crippen LogP contribution in [0.1, 0.15) is 24.9 Å². The standard InChI is InChI=1S/C15H20BrN3O2/c1-2-21-14-10-11(9-12(16)15(14)20)13(3-4-17)19-7-5-18-6-8-19/h9-10,13,18,20H,2-3,5-8H2,1H3/t13-/m1/s1. The summed E-state index contributed by atoms with van der Waals surface area (Å²) in [5.74, 6) is 0.566. The highest BCUT2D eigenvalue weighted by Crippen LogP contribution is 2.39. The van der Waals surface area contributed by atoms with Crippen LogP contribution in [0.5, 0.6) is 11.5 Å². The molecule has 1 saturated heterocycles. The van der Waals surface area contributed by atoms with Crippen molar-refractivity contribution in [3.05, 3.63) is 22.2 Å². The van der Waals surface area contributed by atoms with E-state index in [2.05, 4.69) is 32.2 Å². The van der Waals surface area contributed by atoms with Crippen LogP contribution >= 0.6 is 15.9 Å². The minimum Gasteiger partial charge on any atom is -0.503 e. The van der Waals surface area contributed by atoms with Crippen LogP contribution in [0, 0.1) is 11.3 Å². The minimum atomic E-state index is 0.0215. The SMILES string of the molecule is CCOc1cc([C@@H](CC#N)N2CCNCC2)cc(Br)c1O. The van der Waals surface area contributed by atoms with Crippen molar-refractivity contribution in [2.45, 2.75) is 19.4 Å². The van der Waals surface area contributed by atoms with Crippen molar-refractivity contribution in [3.8, 4) is 17.6 Å². The molecule has 1 aromatic rings. The zero-order valence-electron chi connectivity index (χ0n) is 12.1. The average Bonchev–Trinajstić information content (AvgIpc) is 2.50. The first kappa shape index (κ1) is 16.1. The van der Waals surface area contributed by atoms with Crippen LogP contribution in [0.4, 0.5) is 0 Å². The topological polar surface area (TPSA) is 68.5 Å². The van der Waals surface area contributed by atoms with Gasteiger partial charge in [0.25, 0.3) is 0 Å². The van der Waals surface area contributed by atoms with Crippen molar-refractivity contribution in [2.75, 3.05) is 32.8 Å². The maximum atomic E-state index is 10.0. The summed E-state index contributed by atoms with van der Waals surface area (Å²) < 4.78 is 6.08. The number of piperazine rings is 1. The van der Waals surface area contributed by atoms with Crippen molar-refractivity contribution >= 4 is 15.9 Å². The molecule has 0 saturated carbocycles. The number of hydrogen-bond donors (Lipinski definition) is 2. The van der Waals surface area contributed by atoms with Crippen LogP contribution in [-0.2, 0) is 0 Å². The molecule has 2 rings (SSSR count). The van der Waals surface area contributed by atoms with Gasteiger partial charge in [-0.05, 0) is 40.5 Å². The second-order valence-corrected chi connectivity index (χ2v) is 5.80. The van der Waals surface area contributed by atoms with Crippen molar-refractivity contribution in [1.82, 2.24) is 10.2 Å². The van der Waals surface area contributed by atoms with E-state index in [1.54, 1.807) is 0 Å². The lowest BCUT2D eigenvalue weighted by atomic mass is 10.0. The molecule has 0 bridgehead atoms. The molecule has 0 spiro atoms. The molecule has 1 aliphatic rings. The van der Waals surface area contributed by atoms with Gasteiger partial charge in [-0.25, -0.2) is 0 Å². The van der Waals surface area contributed by atoms with Crippen molar-refractivity contribution in [1.29, 1.82) is 5.26 Å². The fraction of sp³-hybridized carbons (Fsp3) is 0.533. The summed E-state index contributed by atoms with van der Waals surface area (Å²) in [5.41, 5.74) is 0.992. The normalized spacial score (nSPS) is 17.2. The molecular weight excluding hydrogens is 334 g/mol. The number of nitrogens with one attached hydrogen (secondary N) is 1. The van der Waals surface area contributed by atoms with Gasteiger partial charge >= 0.3 is 0 Å². The van der Waals surface area contributed by atoms with Gasteiger partial charge in [-0.1, -0.05) is 0 Å². The zero-order valence-corrected chi connectivity index (χ0v) is 13.7. The van der Waals surface area contributed by atoms with Crippen molar-refractivity contribution < 1.29 is 9.84 Å². The van der Waals surface area contributed by atoms with E-state index in [4.69, 9.17) is 10.00 Å². The van der Waals surface area contributed by atoms with Crippen LogP contribution in [0.15, 0.2) is 16.6 Å². The minimum absolute atomic E-state index is 0.0215. The smallest absolute Gasteiger partial charge is 0.172 e. The predicted octanol–water partition coefficient (Wildman–Crippen LogP) is 2.41. The first-order valence-electron chi connectivity index (χ1n) is 7.14. The fourth-order valence-corrected chi connectivity index (χ4v) is 3.05. The molecule has 0 amide bonds. The molecule has 114 valence electrons. The molecule has 5 nitrogen and oxygen atoms in total. The van der Waals surface area contributed by atoms with Gasteiger partial charge < -0.3 is 15.2 Å². The maximum absolute atomic E-state index is 10.0. The van der Waals surface area contributed by atoms with Gasteiger partial charge in [-0.3, -0.25) is 4.90 Å². The summed E-state index contributed by atoms with van der Waals surface area (Å²) in [5, 5.41) is 22.5. The summed E-state index contributed by atoms with van der Waals surface area (Å²) >= 11 is 3.37. The van der Waals surface area contributed by atoms with Crippen LogP contribution in [0.3, 0.4) is 0 Å². The van der Waals surface area contributed by atoms with Crippen molar-refractivity contribution in [2.24, 2.45) is 0 Å². The maximum Gasteiger partial charge on any atom is 0.172 e. The first-order chi connectivity index (χ1) is 10.2. The number of halogens is 1. The molecule has 0 aromatic heterocycles. The molecule has 1 aliphatic heterocycles. The first-order valence-corrected chi connectivity index (χ1v) is 7.93. The number of aromatic hydroxyl groups is 1. The lowest BCUT2D eigenvalue weighted by Crippen LogP contribution is -2.45. The summed E-state index contributed by atoms with van der Waals surface area (Å²) in [6, 6.07) is 6.01. The van der Waals surface area contributed by atoms with Crippen LogP contribution in [0.25, 0.3) is 0 Å². The van der Waals surface area contributed by atoms with Gasteiger partial charge in [0.2, 0.25) is 0 Å². The van der Waals surface area contributed by atoms with E-state index in [1.807, 2.05) is 19.1 Å². The largest absolute Gasteiger partial charge is 0.503 e. The highest BCUT2D eigenvalue weighted by atomic mass is 79.9. The molecule has 0 radical (unpaired) electrons. The Labute approximate surface area is 133 Å². The number of benzene rings is 1. The monoisotopic (exact) mass is 353 g/mol. The van der Waals surface area contributed by atoms with Crippen LogP contribution in [0.2, 0.25) is 0 Å². The van der Waals surface area contributed by atoms with Gasteiger partial charge in [0, 0.05) is 32.2 Å². The summed E-state index contributed by atoms with van der Waals surface area (Å²) in [4.78, 5) is 2.30. The van der Waals surface area contributed by atoms with E-state index in [9.17, 15) is 5.11 Å². The molecule has 1 fully saturated rings. The highest BCUT2D eigenvalue weighted by Gasteiger charge is 2.24. The third-order valence-corrected chi connectivity index (χ3v) is 4.22. The second-order valence-electron chi connectivity index (χ2n) is 4.95. The third kappa shape index (κ3) is 3.88. The highest BCUT2D eigenvalue weighted by molar-refractivity contribution is 9.10. The summed E-state index contributed by atoms with van der Waals surface area (Å²) in [7, 11) is 0. The number of nitrogens with zero attached hydrogens (tertiary/aromatic N) is 2. The molecule has 1 aromatic carbocycles. The third-order valence-electron chi connectivity index (χ3n) is 3.61. The van der Waals surface area contributed by atoms with E-state index in [0.29, 0.717) is 23.2 Å². The Bertz CT molecular complexity index is 524. The van der Waals surface area contributed by atoms with Crippen LogP contribution in [-0.4, -0.2) is 42.8 Å². The quantitative estimate of drug-likeness (QED) is 0.850. The Morgan fingerprint density at radius 2 is 2.19 bits per heavy atom. The number of phenols is 1. The van der Waals surface area contributed by atoms with Crippen LogP contribution < -0.4 is 10.1 Å². The molecule has 1 heterocycles. The number of ether oxygens (including phenoxy) is 1. The Morgan fingerprint density at radius 1 is 1.48 bits per heavy atom. The van der Waals surface area contributed by atoms with E-state index in [-0.39, 0.29) is 11.8 Å². The van der Waals surface area contributed by atoms with Gasteiger partial charge in [-0.2, -0.15) is 5.26 Å². The van der Waals surface area contributed by atoms with E-state index in [0.717, 1.165) is 31.7 Å². The molecule has 6 heteroatoms. The number of nitriles is 1. The summed E-state index contributed by atoms with van der Waals surface area (Å²) in [6.45, 7) is 6.05. The fourth-order valence-electron chi connectivity index (χ4n) is 2.59. The zero-order chi connectivity index (χ0) is 15.2.